The van der Waals surface area contributed by atoms with Gasteiger partial charge in [-0.15, -0.1) is 0 Å². The summed E-state index contributed by atoms with van der Waals surface area (Å²) in [6, 6.07) is 28.0. The van der Waals surface area contributed by atoms with Crippen molar-refractivity contribution in [3.8, 4) is 5.75 Å². The topological polar surface area (TPSA) is 20.2 Å². The van der Waals surface area contributed by atoms with Crippen LogP contribution in [0, 0.1) is 5.92 Å². The van der Waals surface area contributed by atoms with Crippen LogP contribution < -0.4 is 0 Å². The molecule has 0 bridgehead atoms. The van der Waals surface area contributed by atoms with Gasteiger partial charge in [0, 0.05) is 0 Å². The van der Waals surface area contributed by atoms with Crippen molar-refractivity contribution in [2.24, 2.45) is 0 Å². The number of phenolic OH excluding ortho intramolecular Hbond substituents is 1. The fourth-order valence-corrected chi connectivity index (χ4v) is 2.34. The molecule has 3 rings (SSSR count). The van der Waals surface area contributed by atoms with E-state index in [9.17, 15) is 5.11 Å². The van der Waals surface area contributed by atoms with Crippen molar-refractivity contribution in [3.63, 3.8) is 0 Å². The highest BCUT2D eigenvalue weighted by Gasteiger charge is 2.16. The summed E-state index contributed by atoms with van der Waals surface area (Å²) < 4.78 is 0. The molecule has 0 aliphatic rings. The number of hydrogen-bond acceptors (Lipinski definition) is 1. The molecule has 0 aliphatic heterocycles. The van der Waals surface area contributed by atoms with Gasteiger partial charge in [-0.1, -0.05) is 72.8 Å². The minimum atomic E-state index is 0.286. The largest absolute Gasteiger partial charge is 0.508 e. The molecule has 3 aromatic carbocycles. The number of aromatic hydroxyl groups is 1. The molecule has 1 nitrogen and oxygen atoms in total. The molecule has 0 fully saturated rings. The second-order valence-electron chi connectivity index (χ2n) is 4.65. The average molecular weight is 259 g/mol. The van der Waals surface area contributed by atoms with E-state index in [0.717, 1.165) is 5.56 Å². The van der Waals surface area contributed by atoms with E-state index in [4.69, 9.17) is 0 Å². The van der Waals surface area contributed by atoms with E-state index in [2.05, 4.69) is 24.3 Å². The first-order chi connectivity index (χ1) is 9.84. The summed E-state index contributed by atoms with van der Waals surface area (Å²) in [5.74, 6) is 1.46. The lowest BCUT2D eigenvalue weighted by atomic mass is 9.85. The monoisotopic (exact) mass is 259 g/mol. The Bertz CT molecular complexity index is 618. The SMILES string of the molecule is Oc1ccc([C](c2ccccc2)c2ccccc2)cc1. The first-order valence-electron chi connectivity index (χ1n) is 6.62. The molecule has 0 atom stereocenters. The van der Waals surface area contributed by atoms with Crippen LogP contribution in [-0.4, -0.2) is 5.11 Å². The van der Waals surface area contributed by atoms with E-state index < -0.39 is 0 Å². The minimum absolute atomic E-state index is 0.286. The maximum absolute atomic E-state index is 9.47. The first-order valence-corrected chi connectivity index (χ1v) is 6.62. The Kier molecular flexibility index (Phi) is 3.51. The Morgan fingerprint density at radius 1 is 0.500 bits per heavy atom. The molecule has 0 saturated heterocycles. The number of benzene rings is 3. The Labute approximate surface area is 119 Å². The van der Waals surface area contributed by atoms with Crippen LogP contribution >= 0.6 is 0 Å². The molecule has 20 heavy (non-hydrogen) atoms. The lowest BCUT2D eigenvalue weighted by Gasteiger charge is -2.17. The van der Waals surface area contributed by atoms with Gasteiger partial charge in [-0.05, 0) is 28.8 Å². The predicted octanol–water partition coefficient (Wildman–Crippen LogP) is 4.41. The zero-order chi connectivity index (χ0) is 13.8. The van der Waals surface area contributed by atoms with E-state index >= 15 is 0 Å². The standard InChI is InChI=1S/C19H15O/c20-18-13-11-17(12-14-18)19(15-7-3-1-4-8-15)16-9-5-2-6-10-16/h1-14,20H. The third kappa shape index (κ3) is 2.57. The molecule has 0 aliphatic carbocycles. The van der Waals surface area contributed by atoms with E-state index in [0.29, 0.717) is 0 Å². The molecule has 0 unspecified atom stereocenters. The van der Waals surface area contributed by atoms with Crippen molar-refractivity contribution < 1.29 is 5.11 Å². The van der Waals surface area contributed by atoms with Gasteiger partial charge in [-0.2, -0.15) is 0 Å². The van der Waals surface area contributed by atoms with Crippen LogP contribution in [0.25, 0.3) is 0 Å². The van der Waals surface area contributed by atoms with Gasteiger partial charge in [0.1, 0.15) is 5.75 Å². The fraction of sp³-hybridized carbons (Fsp3) is 0. The molecule has 1 radical (unpaired) electrons. The molecule has 0 spiro atoms. The molecule has 0 aromatic heterocycles. The molecular weight excluding hydrogens is 244 g/mol. The highest BCUT2D eigenvalue weighted by molar-refractivity contribution is 5.57. The Balaban J connectivity index is 2.11. The van der Waals surface area contributed by atoms with Gasteiger partial charge in [0.25, 0.3) is 0 Å². The van der Waals surface area contributed by atoms with Crippen molar-refractivity contribution in [2.45, 2.75) is 0 Å². The van der Waals surface area contributed by atoms with Crippen LogP contribution in [0.1, 0.15) is 16.7 Å². The molecule has 1 heteroatoms. The first kappa shape index (κ1) is 12.5. The summed E-state index contributed by atoms with van der Waals surface area (Å²) in [4.78, 5) is 0. The van der Waals surface area contributed by atoms with E-state index in [1.165, 1.54) is 17.0 Å². The zero-order valence-electron chi connectivity index (χ0n) is 11.0. The van der Waals surface area contributed by atoms with Gasteiger partial charge >= 0.3 is 0 Å². The third-order valence-corrected chi connectivity index (χ3v) is 3.28. The van der Waals surface area contributed by atoms with Crippen LogP contribution in [0.2, 0.25) is 0 Å². The highest BCUT2D eigenvalue weighted by Crippen LogP contribution is 2.31. The summed E-state index contributed by atoms with van der Waals surface area (Å²) in [5, 5.41) is 9.47. The molecule has 0 amide bonds. The summed E-state index contributed by atoms with van der Waals surface area (Å²) in [5.41, 5.74) is 3.44. The maximum Gasteiger partial charge on any atom is 0.115 e. The van der Waals surface area contributed by atoms with Gasteiger partial charge in [0.05, 0.1) is 5.92 Å². The van der Waals surface area contributed by atoms with Crippen molar-refractivity contribution in [1.29, 1.82) is 0 Å². The summed E-state index contributed by atoms with van der Waals surface area (Å²) >= 11 is 0. The van der Waals surface area contributed by atoms with Crippen LogP contribution in [0.15, 0.2) is 84.9 Å². The van der Waals surface area contributed by atoms with Crippen LogP contribution in [0.5, 0.6) is 5.75 Å². The summed E-state index contributed by atoms with van der Waals surface area (Å²) in [7, 11) is 0. The van der Waals surface area contributed by atoms with Crippen molar-refractivity contribution in [2.75, 3.05) is 0 Å². The zero-order valence-corrected chi connectivity index (χ0v) is 11.0. The second kappa shape index (κ2) is 5.62. The van der Waals surface area contributed by atoms with Gasteiger partial charge in [-0.25, -0.2) is 0 Å². The van der Waals surface area contributed by atoms with Crippen molar-refractivity contribution >= 4 is 0 Å². The smallest absolute Gasteiger partial charge is 0.115 e. The van der Waals surface area contributed by atoms with Gasteiger partial charge < -0.3 is 5.11 Å². The van der Waals surface area contributed by atoms with Gasteiger partial charge in [-0.3, -0.25) is 0 Å². The lowest BCUT2D eigenvalue weighted by molar-refractivity contribution is 0.475. The fourth-order valence-electron chi connectivity index (χ4n) is 2.34. The van der Waals surface area contributed by atoms with E-state index in [1.807, 2.05) is 48.5 Å². The molecule has 0 saturated carbocycles. The maximum atomic E-state index is 9.47. The van der Waals surface area contributed by atoms with Crippen molar-refractivity contribution in [3.05, 3.63) is 108 Å². The molecule has 1 N–H and O–H groups in total. The number of hydrogen-bond donors (Lipinski definition) is 1. The van der Waals surface area contributed by atoms with Crippen LogP contribution in [-0.2, 0) is 0 Å². The van der Waals surface area contributed by atoms with E-state index in [1.54, 1.807) is 12.1 Å². The third-order valence-electron chi connectivity index (χ3n) is 3.28. The van der Waals surface area contributed by atoms with E-state index in [-0.39, 0.29) is 5.75 Å². The van der Waals surface area contributed by atoms with Gasteiger partial charge in [0.15, 0.2) is 0 Å². The predicted molar refractivity (Wildman–Crippen MR) is 81.5 cm³/mol. The number of rotatable bonds is 3. The molecule has 3 aromatic rings. The summed E-state index contributed by atoms with van der Waals surface area (Å²) in [6.07, 6.45) is 0. The molecule has 0 heterocycles. The van der Waals surface area contributed by atoms with Crippen molar-refractivity contribution in [1.82, 2.24) is 0 Å². The highest BCUT2D eigenvalue weighted by atomic mass is 16.3. The Morgan fingerprint density at radius 2 is 0.900 bits per heavy atom. The quantitative estimate of drug-likeness (QED) is 0.691. The number of phenols is 1. The average Bonchev–Trinajstić information content (AvgIpc) is 2.52. The molecule has 97 valence electrons. The van der Waals surface area contributed by atoms with Crippen LogP contribution in [0.4, 0.5) is 0 Å². The second-order valence-corrected chi connectivity index (χ2v) is 4.65. The molecular formula is C19H15O. The van der Waals surface area contributed by atoms with Gasteiger partial charge in [0.2, 0.25) is 0 Å². The Morgan fingerprint density at radius 3 is 1.35 bits per heavy atom. The lowest BCUT2D eigenvalue weighted by Crippen LogP contribution is -2.03. The minimum Gasteiger partial charge on any atom is -0.508 e. The Hall–Kier alpha value is -2.54. The normalized spacial score (nSPS) is 10.7. The van der Waals surface area contributed by atoms with Crippen LogP contribution in [0.3, 0.4) is 0 Å². The summed E-state index contributed by atoms with van der Waals surface area (Å²) in [6.45, 7) is 0.